The number of halogens is 1. The van der Waals surface area contributed by atoms with Crippen LogP contribution in [-0.4, -0.2) is 12.4 Å². The van der Waals surface area contributed by atoms with Crippen LogP contribution in [0.3, 0.4) is 0 Å². The molecule has 0 amide bonds. The smallest absolute Gasteiger partial charge is 0.00477 e. The fourth-order valence-corrected chi connectivity index (χ4v) is 0.493. The summed E-state index contributed by atoms with van der Waals surface area (Å²) in [5.41, 5.74) is 0. The van der Waals surface area contributed by atoms with Crippen LogP contribution in [0.5, 0.6) is 0 Å². The number of nitrogens with one attached hydrogen (secondary N) is 2. The second-order valence-electron chi connectivity index (χ2n) is 1.69. The predicted molar refractivity (Wildman–Crippen MR) is 43.3 cm³/mol. The summed E-state index contributed by atoms with van der Waals surface area (Å²) in [4.78, 5) is 0. The molecule has 54 valence electrons. The Morgan fingerprint density at radius 3 is 1.44 bits per heavy atom. The first-order chi connectivity index (χ1) is 3.91. The third kappa shape index (κ3) is 11.3. The molecule has 0 bridgehead atoms. The Morgan fingerprint density at radius 2 is 1.22 bits per heavy atom. The van der Waals surface area contributed by atoms with Crippen LogP contribution in [0.2, 0.25) is 0 Å². The first-order valence-electron chi connectivity index (χ1n) is 2.89. The molecular weight excluding hydrogens is 136 g/mol. The van der Waals surface area contributed by atoms with Crippen LogP contribution in [0.15, 0.2) is 0 Å². The Bertz CT molecular complexity index is 63.5. The minimum Gasteiger partial charge on any atom is -0.313 e. The van der Waals surface area contributed by atoms with E-state index in [0.717, 1.165) is 25.7 Å². The van der Waals surface area contributed by atoms with Gasteiger partial charge in [0.1, 0.15) is 0 Å². The molecule has 0 rings (SSSR count). The van der Waals surface area contributed by atoms with E-state index in [-0.39, 0.29) is 12.4 Å². The summed E-state index contributed by atoms with van der Waals surface area (Å²) in [6.45, 7) is 0. The van der Waals surface area contributed by atoms with Crippen LogP contribution in [0.1, 0.15) is 25.7 Å². The summed E-state index contributed by atoms with van der Waals surface area (Å²) in [7, 11) is 0. The molecule has 0 aromatic carbocycles. The molecule has 3 heteroatoms. The van der Waals surface area contributed by atoms with Crippen LogP contribution in [0.4, 0.5) is 0 Å². The summed E-state index contributed by atoms with van der Waals surface area (Å²) in [6.07, 6.45) is 6.69. The lowest BCUT2D eigenvalue weighted by molar-refractivity contribution is 0.804. The number of unbranched alkanes of at least 4 members (excludes halogenated alkanes) is 3. The average Bonchev–Trinajstić information content (AvgIpc) is 1.81. The number of hydrogen-bond acceptors (Lipinski definition) is 2. The predicted octanol–water partition coefficient (Wildman–Crippen LogP) is 2.27. The van der Waals surface area contributed by atoms with Crippen molar-refractivity contribution in [3.05, 3.63) is 0 Å². The molecule has 2 N–H and O–H groups in total. The molecule has 2 nitrogen and oxygen atoms in total. The lowest BCUT2D eigenvalue weighted by Gasteiger charge is -1.87. The van der Waals surface area contributed by atoms with Gasteiger partial charge in [0.15, 0.2) is 0 Å². The maximum atomic E-state index is 6.66. The van der Waals surface area contributed by atoms with Gasteiger partial charge in [-0.05, 0) is 38.1 Å². The van der Waals surface area contributed by atoms with Crippen LogP contribution >= 0.6 is 12.4 Å². The maximum Gasteiger partial charge on any atom is -0.00477 e. The third-order valence-electron chi connectivity index (χ3n) is 0.947. The minimum atomic E-state index is 0. The van der Waals surface area contributed by atoms with Crippen molar-refractivity contribution in [3.63, 3.8) is 0 Å². The van der Waals surface area contributed by atoms with Gasteiger partial charge in [-0.15, -0.1) is 12.4 Å². The summed E-state index contributed by atoms with van der Waals surface area (Å²) in [5, 5.41) is 13.3. The van der Waals surface area contributed by atoms with Crippen molar-refractivity contribution in [2.45, 2.75) is 25.7 Å². The highest BCUT2D eigenvalue weighted by atomic mass is 35.5. The van der Waals surface area contributed by atoms with Crippen molar-refractivity contribution in [1.82, 2.24) is 0 Å². The van der Waals surface area contributed by atoms with Crippen molar-refractivity contribution in [1.29, 1.82) is 10.8 Å². The maximum absolute atomic E-state index is 6.66. The average molecular weight is 149 g/mol. The summed E-state index contributed by atoms with van der Waals surface area (Å²) in [5.74, 6) is 0. The SMILES string of the molecule is Cl.N=CCCCCC=N. The largest absolute Gasteiger partial charge is 0.313 e. The molecule has 0 saturated heterocycles. The molecule has 0 atom stereocenters. The summed E-state index contributed by atoms with van der Waals surface area (Å²) < 4.78 is 0. The van der Waals surface area contributed by atoms with Crippen LogP contribution < -0.4 is 0 Å². The van der Waals surface area contributed by atoms with E-state index >= 15 is 0 Å². The van der Waals surface area contributed by atoms with E-state index in [1.54, 1.807) is 0 Å². The fourth-order valence-electron chi connectivity index (χ4n) is 0.493. The number of hydrogen-bond donors (Lipinski definition) is 2. The van der Waals surface area contributed by atoms with Gasteiger partial charge in [-0.3, -0.25) is 0 Å². The molecule has 0 aliphatic rings. The third-order valence-corrected chi connectivity index (χ3v) is 0.947. The molecule has 0 fully saturated rings. The van der Waals surface area contributed by atoms with Gasteiger partial charge in [0.25, 0.3) is 0 Å². The molecule has 0 aromatic heterocycles. The highest BCUT2D eigenvalue weighted by Crippen LogP contribution is 1.93. The van der Waals surface area contributed by atoms with Crippen molar-refractivity contribution < 1.29 is 0 Å². The zero-order valence-electron chi connectivity index (χ0n) is 5.39. The van der Waals surface area contributed by atoms with Crippen molar-refractivity contribution in [3.8, 4) is 0 Å². The van der Waals surface area contributed by atoms with Crippen molar-refractivity contribution in [2.24, 2.45) is 0 Å². The van der Waals surface area contributed by atoms with E-state index in [4.69, 9.17) is 10.8 Å². The van der Waals surface area contributed by atoms with E-state index in [0.29, 0.717) is 0 Å². The van der Waals surface area contributed by atoms with E-state index in [2.05, 4.69) is 0 Å². The van der Waals surface area contributed by atoms with Gasteiger partial charge in [-0.25, -0.2) is 0 Å². The Morgan fingerprint density at radius 1 is 0.889 bits per heavy atom. The van der Waals surface area contributed by atoms with Gasteiger partial charge in [0.2, 0.25) is 0 Å². The molecule has 0 spiro atoms. The monoisotopic (exact) mass is 148 g/mol. The Labute approximate surface area is 62.1 Å². The van der Waals surface area contributed by atoms with Crippen LogP contribution in [-0.2, 0) is 0 Å². The Hall–Kier alpha value is -0.370. The Kier molecular flexibility index (Phi) is 13.4. The second-order valence-corrected chi connectivity index (χ2v) is 1.69. The zero-order valence-corrected chi connectivity index (χ0v) is 6.21. The molecule has 0 radical (unpaired) electrons. The molecule has 0 aliphatic carbocycles. The normalized spacial score (nSPS) is 7.56. The molecule has 0 unspecified atom stereocenters. The minimum absolute atomic E-state index is 0. The van der Waals surface area contributed by atoms with Gasteiger partial charge < -0.3 is 10.8 Å². The molecule has 0 saturated carbocycles. The van der Waals surface area contributed by atoms with E-state index in [1.165, 1.54) is 12.4 Å². The lowest BCUT2D eigenvalue weighted by atomic mass is 10.2. The molecule has 0 aliphatic heterocycles. The number of rotatable bonds is 5. The van der Waals surface area contributed by atoms with Crippen molar-refractivity contribution >= 4 is 24.8 Å². The standard InChI is InChI=1S/C6H12N2.ClH/c7-5-3-1-2-4-6-8;/h5-8H,1-4H2;1H. The molecule has 9 heavy (non-hydrogen) atoms. The van der Waals surface area contributed by atoms with Crippen molar-refractivity contribution in [2.75, 3.05) is 0 Å². The van der Waals surface area contributed by atoms with Crippen LogP contribution in [0.25, 0.3) is 0 Å². The van der Waals surface area contributed by atoms with Crippen LogP contribution in [0, 0.1) is 10.8 Å². The van der Waals surface area contributed by atoms with Gasteiger partial charge in [0.05, 0.1) is 0 Å². The first-order valence-corrected chi connectivity index (χ1v) is 2.89. The second kappa shape index (κ2) is 10.6. The molecule has 0 heterocycles. The highest BCUT2D eigenvalue weighted by molar-refractivity contribution is 5.85. The summed E-state index contributed by atoms with van der Waals surface area (Å²) >= 11 is 0. The zero-order chi connectivity index (χ0) is 6.24. The van der Waals surface area contributed by atoms with Gasteiger partial charge in [-0.1, -0.05) is 0 Å². The van der Waals surface area contributed by atoms with E-state index < -0.39 is 0 Å². The Balaban J connectivity index is 0. The van der Waals surface area contributed by atoms with E-state index in [9.17, 15) is 0 Å². The lowest BCUT2D eigenvalue weighted by Crippen LogP contribution is -1.77. The van der Waals surface area contributed by atoms with Gasteiger partial charge >= 0.3 is 0 Å². The van der Waals surface area contributed by atoms with Gasteiger partial charge in [0, 0.05) is 0 Å². The van der Waals surface area contributed by atoms with Gasteiger partial charge in [-0.2, -0.15) is 0 Å². The topological polar surface area (TPSA) is 47.7 Å². The molecule has 0 aromatic rings. The van der Waals surface area contributed by atoms with E-state index in [1.807, 2.05) is 0 Å². The highest BCUT2D eigenvalue weighted by Gasteiger charge is 1.80. The summed E-state index contributed by atoms with van der Waals surface area (Å²) in [6, 6.07) is 0. The fraction of sp³-hybridized carbons (Fsp3) is 0.667. The quantitative estimate of drug-likeness (QED) is 0.444. The molecular formula is C6H13ClN2. The first kappa shape index (κ1) is 11.4.